The summed E-state index contributed by atoms with van der Waals surface area (Å²) in [5.74, 6) is -0.788. The highest BCUT2D eigenvalue weighted by Crippen LogP contribution is 2.27. The third kappa shape index (κ3) is 8.27. The van der Waals surface area contributed by atoms with Gasteiger partial charge < -0.3 is 10.2 Å². The van der Waals surface area contributed by atoms with Crippen LogP contribution in [0.4, 0.5) is 5.69 Å². The van der Waals surface area contributed by atoms with Crippen LogP contribution in [0.2, 0.25) is 10.0 Å². The van der Waals surface area contributed by atoms with E-state index in [-0.39, 0.29) is 24.9 Å². The molecule has 0 aliphatic heterocycles. The number of sulfonamides is 1. The Labute approximate surface area is 258 Å². The Bertz CT molecular complexity index is 1490. The first-order valence-corrected chi connectivity index (χ1v) is 16.8. The zero-order chi connectivity index (χ0) is 30.3. The summed E-state index contributed by atoms with van der Waals surface area (Å²) >= 11 is 12.7. The molecule has 42 heavy (non-hydrogen) atoms. The Morgan fingerprint density at radius 2 is 1.62 bits per heavy atom. The minimum Gasteiger partial charge on any atom is -0.352 e. The van der Waals surface area contributed by atoms with Crippen LogP contribution in [0, 0.1) is 0 Å². The van der Waals surface area contributed by atoms with E-state index < -0.39 is 28.5 Å². The van der Waals surface area contributed by atoms with Crippen LogP contribution >= 0.6 is 23.2 Å². The van der Waals surface area contributed by atoms with Crippen LogP contribution in [0.5, 0.6) is 0 Å². The zero-order valence-electron chi connectivity index (χ0n) is 23.9. The van der Waals surface area contributed by atoms with Crippen LogP contribution in [0.15, 0.2) is 72.8 Å². The van der Waals surface area contributed by atoms with Gasteiger partial charge in [-0.05, 0) is 54.2 Å². The van der Waals surface area contributed by atoms with Crippen molar-refractivity contribution < 1.29 is 18.0 Å². The summed E-state index contributed by atoms with van der Waals surface area (Å²) in [6.45, 7) is 1.46. The summed E-state index contributed by atoms with van der Waals surface area (Å²) in [5, 5.41) is 3.96. The number of rotatable bonds is 12. The van der Waals surface area contributed by atoms with Crippen LogP contribution in [0.3, 0.4) is 0 Å². The molecule has 1 atom stereocenters. The minimum atomic E-state index is -3.85. The SMILES string of the molecule is CCc1ccccc1N(CC(=O)N(Cc1ccc(Cl)cc1Cl)C(Cc1ccccc1)C(=O)NC1CCCC1)S(C)(=O)=O. The van der Waals surface area contributed by atoms with E-state index >= 15 is 0 Å². The number of benzene rings is 3. The van der Waals surface area contributed by atoms with Gasteiger partial charge in [0.05, 0.1) is 11.9 Å². The first-order chi connectivity index (χ1) is 20.1. The van der Waals surface area contributed by atoms with Crippen molar-refractivity contribution in [2.75, 3.05) is 17.1 Å². The van der Waals surface area contributed by atoms with Crippen molar-refractivity contribution in [1.29, 1.82) is 0 Å². The average molecular weight is 631 g/mol. The van der Waals surface area contributed by atoms with Crippen molar-refractivity contribution in [3.63, 3.8) is 0 Å². The Kier molecular flexibility index (Phi) is 10.9. The molecule has 4 rings (SSSR count). The van der Waals surface area contributed by atoms with Gasteiger partial charge in [-0.1, -0.05) is 97.6 Å². The molecule has 1 aliphatic carbocycles. The maximum atomic E-state index is 14.3. The van der Waals surface area contributed by atoms with Crippen molar-refractivity contribution >= 4 is 50.7 Å². The fourth-order valence-corrected chi connectivity index (χ4v) is 6.75. The molecule has 1 aliphatic rings. The Balaban J connectivity index is 1.76. The lowest BCUT2D eigenvalue weighted by Gasteiger charge is -2.34. The van der Waals surface area contributed by atoms with Crippen LogP contribution < -0.4 is 9.62 Å². The molecule has 1 saturated carbocycles. The molecule has 224 valence electrons. The Morgan fingerprint density at radius 1 is 0.952 bits per heavy atom. The number of para-hydroxylation sites is 1. The Morgan fingerprint density at radius 3 is 2.26 bits per heavy atom. The fourth-order valence-electron chi connectivity index (χ4n) is 5.40. The molecule has 1 unspecified atom stereocenters. The number of nitrogens with one attached hydrogen (secondary N) is 1. The molecule has 10 heteroatoms. The lowest BCUT2D eigenvalue weighted by Crippen LogP contribution is -2.54. The van der Waals surface area contributed by atoms with Crippen molar-refractivity contribution in [2.45, 2.75) is 64.1 Å². The number of halogens is 2. The second-order valence-electron chi connectivity index (χ2n) is 10.7. The van der Waals surface area contributed by atoms with E-state index in [2.05, 4.69) is 5.32 Å². The first-order valence-electron chi connectivity index (χ1n) is 14.2. The second-order valence-corrected chi connectivity index (χ2v) is 13.5. The van der Waals surface area contributed by atoms with Crippen LogP contribution in [-0.4, -0.2) is 50.0 Å². The topological polar surface area (TPSA) is 86.8 Å². The van der Waals surface area contributed by atoms with Crippen molar-refractivity contribution in [2.24, 2.45) is 0 Å². The Hall–Kier alpha value is -3.07. The molecular formula is C32H37Cl2N3O4S. The number of anilines is 1. The lowest BCUT2D eigenvalue weighted by molar-refractivity contribution is -0.140. The zero-order valence-corrected chi connectivity index (χ0v) is 26.3. The molecule has 2 amide bonds. The normalized spacial score (nSPS) is 14.4. The largest absolute Gasteiger partial charge is 0.352 e. The van der Waals surface area contributed by atoms with Gasteiger partial charge >= 0.3 is 0 Å². The predicted octanol–water partition coefficient (Wildman–Crippen LogP) is 6.02. The van der Waals surface area contributed by atoms with E-state index in [1.165, 1.54) is 4.90 Å². The van der Waals surface area contributed by atoms with Gasteiger partial charge in [0, 0.05) is 29.1 Å². The van der Waals surface area contributed by atoms with Crippen molar-refractivity contribution in [1.82, 2.24) is 10.2 Å². The number of nitrogens with zero attached hydrogens (tertiary/aromatic N) is 2. The molecule has 0 spiro atoms. The molecule has 0 radical (unpaired) electrons. The molecule has 3 aromatic rings. The van der Waals surface area contributed by atoms with E-state index in [9.17, 15) is 18.0 Å². The fraction of sp³-hybridized carbons (Fsp3) is 0.375. The number of carbonyl (C=O) groups is 2. The van der Waals surface area contributed by atoms with E-state index in [0.717, 1.165) is 47.4 Å². The lowest BCUT2D eigenvalue weighted by atomic mass is 10.0. The molecule has 1 N–H and O–H groups in total. The smallest absolute Gasteiger partial charge is 0.244 e. The van der Waals surface area contributed by atoms with Gasteiger partial charge in [0.15, 0.2) is 0 Å². The van der Waals surface area contributed by atoms with Crippen LogP contribution in [-0.2, 0) is 39.0 Å². The number of amides is 2. The highest BCUT2D eigenvalue weighted by molar-refractivity contribution is 7.92. The molecule has 0 saturated heterocycles. The van der Waals surface area contributed by atoms with E-state index in [1.807, 2.05) is 49.4 Å². The molecule has 0 aromatic heterocycles. The molecule has 3 aromatic carbocycles. The third-order valence-corrected chi connectivity index (χ3v) is 9.36. The summed E-state index contributed by atoms with van der Waals surface area (Å²) in [5.41, 5.74) is 2.71. The molecule has 1 fully saturated rings. The summed E-state index contributed by atoms with van der Waals surface area (Å²) in [7, 11) is -3.85. The van der Waals surface area contributed by atoms with Gasteiger partial charge in [-0.15, -0.1) is 0 Å². The maximum absolute atomic E-state index is 14.3. The van der Waals surface area contributed by atoms with Gasteiger partial charge in [-0.25, -0.2) is 8.42 Å². The predicted molar refractivity (Wildman–Crippen MR) is 169 cm³/mol. The van der Waals surface area contributed by atoms with Gasteiger partial charge in [0.2, 0.25) is 21.8 Å². The molecular weight excluding hydrogens is 593 g/mol. The summed E-state index contributed by atoms with van der Waals surface area (Å²) in [6.07, 6.45) is 5.77. The van der Waals surface area contributed by atoms with E-state index in [0.29, 0.717) is 27.7 Å². The second kappa shape index (κ2) is 14.4. The van der Waals surface area contributed by atoms with E-state index in [1.54, 1.807) is 30.3 Å². The highest BCUT2D eigenvalue weighted by atomic mass is 35.5. The van der Waals surface area contributed by atoms with Crippen LogP contribution in [0.25, 0.3) is 0 Å². The van der Waals surface area contributed by atoms with Gasteiger partial charge in [-0.3, -0.25) is 13.9 Å². The molecule has 0 bridgehead atoms. The first kappa shape index (κ1) is 31.9. The van der Waals surface area contributed by atoms with Crippen molar-refractivity contribution in [3.05, 3.63) is 99.5 Å². The standard InChI is InChI=1S/C32H37Cl2N3O4S/c1-3-24-13-7-10-16-29(24)37(42(2,40)41)22-31(38)36(21-25-17-18-26(33)20-28(25)34)30(19-23-11-5-4-6-12-23)32(39)35-27-14-8-9-15-27/h4-7,10-13,16-18,20,27,30H,3,8-9,14-15,19,21-22H2,1-2H3,(H,35,39). The molecule has 0 heterocycles. The van der Waals surface area contributed by atoms with Crippen LogP contribution in [0.1, 0.15) is 49.3 Å². The number of carbonyl (C=O) groups excluding carboxylic acids is 2. The maximum Gasteiger partial charge on any atom is 0.244 e. The minimum absolute atomic E-state index is 0.00253. The quantitative estimate of drug-likeness (QED) is 0.265. The average Bonchev–Trinajstić information content (AvgIpc) is 3.47. The van der Waals surface area contributed by atoms with E-state index in [4.69, 9.17) is 23.2 Å². The van der Waals surface area contributed by atoms with Crippen molar-refractivity contribution in [3.8, 4) is 0 Å². The third-order valence-electron chi connectivity index (χ3n) is 7.65. The number of aryl methyl sites for hydroxylation is 1. The summed E-state index contributed by atoms with van der Waals surface area (Å²) < 4.78 is 27.3. The summed E-state index contributed by atoms with van der Waals surface area (Å²) in [6, 6.07) is 20.7. The highest BCUT2D eigenvalue weighted by Gasteiger charge is 2.34. The number of hydrogen-bond donors (Lipinski definition) is 1. The van der Waals surface area contributed by atoms with Gasteiger partial charge in [-0.2, -0.15) is 0 Å². The molecule has 7 nitrogen and oxygen atoms in total. The van der Waals surface area contributed by atoms with Gasteiger partial charge in [0.1, 0.15) is 12.6 Å². The summed E-state index contributed by atoms with van der Waals surface area (Å²) in [4.78, 5) is 29.7. The monoisotopic (exact) mass is 629 g/mol. The number of hydrogen-bond acceptors (Lipinski definition) is 4. The van der Waals surface area contributed by atoms with Gasteiger partial charge in [0.25, 0.3) is 0 Å².